The maximum Gasteiger partial charge on any atom is 0.416 e. The van der Waals surface area contributed by atoms with Crippen LogP contribution in [0.5, 0.6) is 5.75 Å². The van der Waals surface area contributed by atoms with E-state index < -0.39 is 17.5 Å². The predicted molar refractivity (Wildman–Crippen MR) is 89.0 cm³/mol. The highest BCUT2D eigenvalue weighted by Crippen LogP contribution is 2.40. The number of aromatic nitrogens is 2. The number of rotatable bonds is 2. The van der Waals surface area contributed by atoms with Crippen molar-refractivity contribution in [2.75, 3.05) is 11.4 Å². The molecule has 2 heterocycles. The Kier molecular flexibility index (Phi) is 3.83. The van der Waals surface area contributed by atoms with E-state index in [4.69, 9.17) is 0 Å². The number of alkyl halides is 3. The van der Waals surface area contributed by atoms with Crippen LogP contribution < -0.4 is 4.90 Å². The summed E-state index contributed by atoms with van der Waals surface area (Å²) in [5.41, 5.74) is 0.929. The van der Waals surface area contributed by atoms with Gasteiger partial charge in [-0.1, -0.05) is 0 Å². The molecule has 1 aromatic carbocycles. The Morgan fingerprint density at radius 3 is 2.50 bits per heavy atom. The van der Waals surface area contributed by atoms with E-state index in [-0.39, 0.29) is 23.3 Å². The number of benzene rings is 1. The van der Waals surface area contributed by atoms with Crippen LogP contribution in [0.4, 0.5) is 19.0 Å². The Balaban J connectivity index is 1.70. The summed E-state index contributed by atoms with van der Waals surface area (Å²) in [7, 11) is 0. The number of hydrogen-bond acceptors (Lipinski definition) is 5. The zero-order chi connectivity index (χ0) is 18.6. The molecule has 2 N–H and O–H groups in total. The summed E-state index contributed by atoms with van der Waals surface area (Å²) in [6.07, 6.45) is -2.47. The first kappa shape index (κ1) is 17.1. The molecule has 1 aliphatic heterocycles. The topological polar surface area (TPSA) is 69.5 Å². The highest BCUT2D eigenvalue weighted by Gasteiger charge is 2.38. The molecule has 1 aromatic heterocycles. The van der Waals surface area contributed by atoms with E-state index >= 15 is 0 Å². The number of phenolic OH excluding ortho intramolecular Hbond substituents is 1. The van der Waals surface area contributed by atoms with Gasteiger partial charge in [-0.3, -0.25) is 0 Å². The van der Waals surface area contributed by atoms with Crippen LogP contribution in [0.2, 0.25) is 0 Å². The van der Waals surface area contributed by atoms with Crippen LogP contribution in [0.1, 0.15) is 29.5 Å². The van der Waals surface area contributed by atoms with Crippen molar-refractivity contribution in [2.24, 2.45) is 0 Å². The normalized spacial score (nSPS) is 22.3. The maximum atomic E-state index is 12.9. The summed E-state index contributed by atoms with van der Waals surface area (Å²) in [5.74, 6) is 0.248. The molecule has 2 aromatic rings. The van der Waals surface area contributed by atoms with Gasteiger partial charge in [0.2, 0.25) is 0 Å². The SMILES string of the molecule is Cc1cc(C(F)(F)F)cc(O)c1-c1cc2c(nn1)N([C@H]1CC[C@H]1O)CC2. The standard InChI is InChI=1S/C18H18F3N3O2/c1-9-6-11(18(19,20)21)8-15(26)16(9)12-7-10-4-5-24(17(10)23-22-12)13-2-3-14(13)25/h6-8,13-14,25-26H,2-5H2,1H3/t13-,14+/m0/s1. The predicted octanol–water partition coefficient (Wildman–Crippen LogP) is 3.06. The lowest BCUT2D eigenvalue weighted by Gasteiger charge is -2.40. The molecule has 2 aliphatic rings. The van der Waals surface area contributed by atoms with Gasteiger partial charge >= 0.3 is 6.18 Å². The summed E-state index contributed by atoms with van der Waals surface area (Å²) >= 11 is 0. The summed E-state index contributed by atoms with van der Waals surface area (Å²) in [4.78, 5) is 2.04. The number of aliphatic hydroxyl groups excluding tert-OH is 1. The van der Waals surface area contributed by atoms with Crippen LogP contribution >= 0.6 is 0 Å². The van der Waals surface area contributed by atoms with Gasteiger partial charge in [0.15, 0.2) is 5.82 Å². The molecule has 1 saturated carbocycles. The van der Waals surface area contributed by atoms with Crippen molar-refractivity contribution in [3.8, 4) is 17.0 Å². The van der Waals surface area contributed by atoms with Crippen LogP contribution in [0, 0.1) is 6.92 Å². The monoisotopic (exact) mass is 365 g/mol. The first-order valence-corrected chi connectivity index (χ1v) is 8.48. The van der Waals surface area contributed by atoms with Gasteiger partial charge in [0.1, 0.15) is 5.75 Å². The van der Waals surface area contributed by atoms with E-state index in [0.29, 0.717) is 17.6 Å². The number of nitrogens with zero attached hydrogens (tertiary/aromatic N) is 3. The summed E-state index contributed by atoms with van der Waals surface area (Å²) in [6.45, 7) is 2.24. The van der Waals surface area contributed by atoms with Crippen molar-refractivity contribution in [3.05, 3.63) is 34.9 Å². The number of aryl methyl sites for hydroxylation is 1. The lowest BCUT2D eigenvalue weighted by Crippen LogP contribution is -2.50. The van der Waals surface area contributed by atoms with Crippen LogP contribution in [0.3, 0.4) is 0 Å². The third-order valence-corrected chi connectivity index (χ3v) is 5.25. The van der Waals surface area contributed by atoms with Gasteiger partial charge in [0.05, 0.1) is 23.4 Å². The second-order valence-corrected chi connectivity index (χ2v) is 6.92. The Bertz CT molecular complexity index is 846. The molecule has 4 rings (SSSR count). The molecule has 0 radical (unpaired) electrons. The zero-order valence-electron chi connectivity index (χ0n) is 14.1. The number of aromatic hydroxyl groups is 1. The second-order valence-electron chi connectivity index (χ2n) is 6.92. The number of aliphatic hydroxyl groups is 1. The fourth-order valence-corrected chi connectivity index (χ4v) is 3.74. The van der Waals surface area contributed by atoms with Crippen molar-refractivity contribution in [1.82, 2.24) is 10.2 Å². The van der Waals surface area contributed by atoms with Gasteiger partial charge in [0, 0.05) is 17.7 Å². The first-order chi connectivity index (χ1) is 12.3. The third-order valence-electron chi connectivity index (χ3n) is 5.25. The molecule has 0 amide bonds. The zero-order valence-corrected chi connectivity index (χ0v) is 14.1. The van der Waals surface area contributed by atoms with Gasteiger partial charge in [-0.05, 0) is 49.9 Å². The third kappa shape index (κ3) is 2.68. The molecule has 1 aliphatic carbocycles. The number of fused-ring (bicyclic) bond motifs is 1. The molecule has 0 bridgehead atoms. The molecule has 0 saturated heterocycles. The van der Waals surface area contributed by atoms with E-state index in [1.54, 1.807) is 6.07 Å². The van der Waals surface area contributed by atoms with Crippen molar-refractivity contribution >= 4 is 5.82 Å². The van der Waals surface area contributed by atoms with E-state index in [1.165, 1.54) is 6.92 Å². The van der Waals surface area contributed by atoms with Crippen molar-refractivity contribution in [1.29, 1.82) is 0 Å². The molecule has 138 valence electrons. The average molecular weight is 365 g/mol. The van der Waals surface area contributed by atoms with Crippen LogP contribution in [0.25, 0.3) is 11.3 Å². The lowest BCUT2D eigenvalue weighted by atomic mass is 9.88. The van der Waals surface area contributed by atoms with Crippen molar-refractivity contribution in [2.45, 2.75) is 44.5 Å². The first-order valence-electron chi connectivity index (χ1n) is 8.48. The lowest BCUT2D eigenvalue weighted by molar-refractivity contribution is -0.137. The number of phenols is 1. The van der Waals surface area contributed by atoms with Crippen molar-refractivity contribution < 1.29 is 23.4 Å². The van der Waals surface area contributed by atoms with Crippen molar-refractivity contribution in [3.63, 3.8) is 0 Å². The number of anilines is 1. The molecular weight excluding hydrogens is 347 g/mol. The Hall–Kier alpha value is -2.35. The van der Waals surface area contributed by atoms with Crippen LogP contribution in [-0.2, 0) is 12.6 Å². The summed E-state index contributed by atoms with van der Waals surface area (Å²) in [6, 6.07) is 3.54. The van der Waals surface area contributed by atoms with E-state index in [1.807, 2.05) is 4.90 Å². The number of halogens is 3. The fourth-order valence-electron chi connectivity index (χ4n) is 3.74. The minimum atomic E-state index is -4.52. The summed E-state index contributed by atoms with van der Waals surface area (Å²) < 4.78 is 38.7. The van der Waals surface area contributed by atoms with Gasteiger partial charge in [-0.2, -0.15) is 13.2 Å². The van der Waals surface area contributed by atoms with Crippen LogP contribution in [-0.4, -0.2) is 39.1 Å². The molecule has 5 nitrogen and oxygen atoms in total. The Labute approximate surface area is 148 Å². The Morgan fingerprint density at radius 2 is 1.92 bits per heavy atom. The minimum absolute atomic E-state index is 0.0533. The van der Waals surface area contributed by atoms with E-state index in [9.17, 15) is 23.4 Å². The van der Waals surface area contributed by atoms with E-state index in [0.717, 1.165) is 37.4 Å². The average Bonchev–Trinajstić information content (AvgIpc) is 2.95. The van der Waals surface area contributed by atoms with Gasteiger partial charge in [-0.15, -0.1) is 10.2 Å². The molecule has 0 spiro atoms. The molecule has 2 atom stereocenters. The van der Waals surface area contributed by atoms with E-state index in [2.05, 4.69) is 10.2 Å². The second kappa shape index (κ2) is 5.84. The van der Waals surface area contributed by atoms with Gasteiger partial charge in [0.25, 0.3) is 0 Å². The van der Waals surface area contributed by atoms with Gasteiger partial charge in [-0.25, -0.2) is 0 Å². The summed E-state index contributed by atoms with van der Waals surface area (Å²) in [5, 5.41) is 28.4. The largest absolute Gasteiger partial charge is 0.507 e. The highest BCUT2D eigenvalue weighted by molar-refractivity contribution is 5.73. The highest BCUT2D eigenvalue weighted by atomic mass is 19.4. The fraction of sp³-hybridized carbons (Fsp3) is 0.444. The Morgan fingerprint density at radius 1 is 1.15 bits per heavy atom. The molecule has 1 fully saturated rings. The maximum absolute atomic E-state index is 12.9. The molecule has 0 unspecified atom stereocenters. The molecule has 26 heavy (non-hydrogen) atoms. The minimum Gasteiger partial charge on any atom is -0.507 e. The smallest absolute Gasteiger partial charge is 0.416 e. The molecular formula is C18H18F3N3O2. The van der Waals surface area contributed by atoms with Crippen LogP contribution in [0.15, 0.2) is 18.2 Å². The quantitative estimate of drug-likeness (QED) is 0.856. The van der Waals surface area contributed by atoms with Gasteiger partial charge < -0.3 is 15.1 Å². The number of hydrogen-bond donors (Lipinski definition) is 2. The molecule has 8 heteroatoms.